The summed E-state index contributed by atoms with van der Waals surface area (Å²) in [6.07, 6.45) is 7.91. The van der Waals surface area contributed by atoms with Crippen molar-refractivity contribution in [3.63, 3.8) is 0 Å². The Morgan fingerprint density at radius 3 is 2.62 bits per heavy atom. The Morgan fingerprint density at radius 2 is 1.88 bits per heavy atom. The highest BCUT2D eigenvalue weighted by Crippen LogP contribution is 2.54. The summed E-state index contributed by atoms with van der Waals surface area (Å²) >= 11 is 0. The van der Waals surface area contributed by atoms with Crippen molar-refractivity contribution < 1.29 is 0 Å². The first-order valence-electron chi connectivity index (χ1n) is 6.29. The highest BCUT2D eigenvalue weighted by molar-refractivity contribution is 5.75. The van der Waals surface area contributed by atoms with Crippen LogP contribution in [-0.2, 0) is 6.42 Å². The number of anilines is 1. The van der Waals surface area contributed by atoms with Gasteiger partial charge >= 0.3 is 0 Å². The van der Waals surface area contributed by atoms with E-state index in [-0.39, 0.29) is 0 Å². The minimum Gasteiger partial charge on any atom is -0.399 e. The summed E-state index contributed by atoms with van der Waals surface area (Å²) in [7, 11) is 0. The van der Waals surface area contributed by atoms with E-state index in [0.29, 0.717) is 5.41 Å². The lowest BCUT2D eigenvalue weighted by atomic mass is 9.67. The van der Waals surface area contributed by atoms with Crippen LogP contribution in [0.5, 0.6) is 0 Å². The first kappa shape index (κ1) is 9.95. The van der Waals surface area contributed by atoms with Gasteiger partial charge in [0, 0.05) is 5.69 Å². The fraction of sp³-hybridized carbons (Fsp3) is 0.467. The van der Waals surface area contributed by atoms with Crippen LogP contribution in [0, 0.1) is 5.41 Å². The molecule has 2 N–H and O–H groups in total. The fourth-order valence-corrected chi connectivity index (χ4v) is 3.51. The molecule has 84 valence electrons. The lowest BCUT2D eigenvalue weighted by molar-refractivity contribution is 0.371. The molecule has 1 nitrogen and oxygen atoms in total. The van der Waals surface area contributed by atoms with Gasteiger partial charge < -0.3 is 5.73 Å². The standard InChI is InChI=1S/C15H19N/c1-11-14-10-13(16)5-4-12(14)6-9-15(11)7-2-3-8-15/h4-5,10H,1-3,6-9,16H2. The molecule has 1 heteroatoms. The molecule has 0 saturated heterocycles. The summed E-state index contributed by atoms with van der Waals surface area (Å²) in [5.74, 6) is 0. The van der Waals surface area contributed by atoms with Gasteiger partial charge in [-0.3, -0.25) is 0 Å². The molecule has 0 amide bonds. The van der Waals surface area contributed by atoms with Crippen molar-refractivity contribution in [2.24, 2.45) is 5.41 Å². The van der Waals surface area contributed by atoms with Crippen LogP contribution in [0.15, 0.2) is 24.8 Å². The Morgan fingerprint density at radius 1 is 1.12 bits per heavy atom. The quantitative estimate of drug-likeness (QED) is 0.652. The van der Waals surface area contributed by atoms with E-state index < -0.39 is 0 Å². The number of nitrogens with two attached hydrogens (primary N) is 1. The SMILES string of the molecule is C=C1c2cc(N)ccc2CCC12CCCC2. The number of aryl methyl sites for hydroxylation is 1. The normalized spacial score (nSPS) is 22.4. The highest BCUT2D eigenvalue weighted by Gasteiger charge is 2.39. The van der Waals surface area contributed by atoms with Gasteiger partial charge in [0.15, 0.2) is 0 Å². The minimum absolute atomic E-state index is 0.417. The summed E-state index contributed by atoms with van der Waals surface area (Å²) in [5, 5.41) is 0. The van der Waals surface area contributed by atoms with Crippen LogP contribution in [0.1, 0.15) is 43.2 Å². The summed E-state index contributed by atoms with van der Waals surface area (Å²) < 4.78 is 0. The van der Waals surface area contributed by atoms with Gasteiger partial charge in [0.05, 0.1) is 0 Å². The number of hydrogen-bond acceptors (Lipinski definition) is 1. The van der Waals surface area contributed by atoms with E-state index in [9.17, 15) is 0 Å². The second-order valence-corrected chi connectivity index (χ2v) is 5.38. The Labute approximate surface area is 97.4 Å². The van der Waals surface area contributed by atoms with Crippen LogP contribution in [0.25, 0.3) is 5.57 Å². The van der Waals surface area contributed by atoms with Crippen LogP contribution in [0.2, 0.25) is 0 Å². The number of allylic oxidation sites excluding steroid dienone is 1. The molecule has 0 heterocycles. The highest BCUT2D eigenvalue weighted by atomic mass is 14.5. The van der Waals surface area contributed by atoms with Crippen molar-refractivity contribution in [2.75, 3.05) is 5.73 Å². The fourth-order valence-electron chi connectivity index (χ4n) is 3.51. The van der Waals surface area contributed by atoms with E-state index in [1.165, 1.54) is 55.2 Å². The van der Waals surface area contributed by atoms with Crippen LogP contribution in [-0.4, -0.2) is 0 Å². The second-order valence-electron chi connectivity index (χ2n) is 5.38. The molecule has 0 bridgehead atoms. The number of nitrogen functional groups attached to an aromatic ring is 1. The molecule has 2 aliphatic carbocycles. The maximum absolute atomic E-state index is 5.89. The molecular formula is C15H19N. The number of fused-ring (bicyclic) bond motifs is 1. The van der Waals surface area contributed by atoms with E-state index in [1.54, 1.807) is 0 Å². The Hall–Kier alpha value is -1.24. The van der Waals surface area contributed by atoms with Gasteiger partial charge in [0.1, 0.15) is 0 Å². The summed E-state index contributed by atoms with van der Waals surface area (Å²) in [5.41, 5.74) is 11.3. The molecule has 2 aliphatic rings. The Balaban J connectivity index is 2.07. The molecule has 1 saturated carbocycles. The predicted molar refractivity (Wildman–Crippen MR) is 69.1 cm³/mol. The van der Waals surface area contributed by atoms with Crippen LogP contribution >= 0.6 is 0 Å². The molecule has 1 fully saturated rings. The zero-order valence-corrected chi connectivity index (χ0v) is 9.76. The lowest BCUT2D eigenvalue weighted by Crippen LogP contribution is -2.24. The molecule has 1 spiro atoms. The molecule has 1 aromatic carbocycles. The molecule has 16 heavy (non-hydrogen) atoms. The number of hydrogen-bond donors (Lipinski definition) is 1. The molecule has 1 aromatic rings. The van der Waals surface area contributed by atoms with Gasteiger partial charge in [-0.25, -0.2) is 0 Å². The van der Waals surface area contributed by atoms with Gasteiger partial charge in [0.25, 0.3) is 0 Å². The molecule has 3 rings (SSSR count). The summed E-state index contributed by atoms with van der Waals surface area (Å²) in [6.45, 7) is 4.38. The van der Waals surface area contributed by atoms with Gasteiger partial charge in [-0.2, -0.15) is 0 Å². The van der Waals surface area contributed by atoms with Crippen molar-refractivity contribution in [1.82, 2.24) is 0 Å². The van der Waals surface area contributed by atoms with Crippen molar-refractivity contribution in [3.8, 4) is 0 Å². The largest absolute Gasteiger partial charge is 0.399 e. The Kier molecular flexibility index (Phi) is 2.10. The van der Waals surface area contributed by atoms with E-state index in [4.69, 9.17) is 5.73 Å². The van der Waals surface area contributed by atoms with Gasteiger partial charge in [-0.1, -0.05) is 25.5 Å². The smallest absolute Gasteiger partial charge is 0.0320 e. The van der Waals surface area contributed by atoms with E-state index >= 15 is 0 Å². The number of rotatable bonds is 0. The topological polar surface area (TPSA) is 26.0 Å². The van der Waals surface area contributed by atoms with Crippen molar-refractivity contribution in [1.29, 1.82) is 0 Å². The zero-order valence-electron chi connectivity index (χ0n) is 9.76. The lowest BCUT2D eigenvalue weighted by Gasteiger charge is -2.37. The summed E-state index contributed by atoms with van der Waals surface area (Å²) in [6, 6.07) is 6.31. The minimum atomic E-state index is 0.417. The molecular weight excluding hydrogens is 194 g/mol. The maximum atomic E-state index is 5.89. The van der Waals surface area contributed by atoms with Gasteiger partial charge in [0.2, 0.25) is 0 Å². The molecule has 0 atom stereocenters. The zero-order chi connectivity index (χ0) is 11.2. The average molecular weight is 213 g/mol. The Bertz CT molecular complexity index is 439. The molecule has 0 aromatic heterocycles. The molecule has 0 radical (unpaired) electrons. The van der Waals surface area contributed by atoms with E-state index in [0.717, 1.165) is 5.69 Å². The molecule has 0 aliphatic heterocycles. The number of benzene rings is 1. The van der Waals surface area contributed by atoms with E-state index in [1.807, 2.05) is 6.07 Å². The van der Waals surface area contributed by atoms with Crippen LogP contribution in [0.4, 0.5) is 5.69 Å². The van der Waals surface area contributed by atoms with Crippen LogP contribution < -0.4 is 5.73 Å². The van der Waals surface area contributed by atoms with Crippen LogP contribution in [0.3, 0.4) is 0 Å². The van der Waals surface area contributed by atoms with Crippen molar-refractivity contribution in [3.05, 3.63) is 35.9 Å². The van der Waals surface area contributed by atoms with Crippen molar-refractivity contribution in [2.45, 2.75) is 38.5 Å². The monoisotopic (exact) mass is 213 g/mol. The first-order chi connectivity index (χ1) is 7.71. The average Bonchev–Trinajstić information content (AvgIpc) is 2.75. The molecule has 0 unspecified atom stereocenters. The van der Waals surface area contributed by atoms with Gasteiger partial charge in [-0.05, 0) is 59.9 Å². The van der Waals surface area contributed by atoms with E-state index in [2.05, 4.69) is 18.7 Å². The third-order valence-corrected chi connectivity index (χ3v) is 4.53. The van der Waals surface area contributed by atoms with Gasteiger partial charge in [-0.15, -0.1) is 0 Å². The third kappa shape index (κ3) is 1.31. The van der Waals surface area contributed by atoms with Crippen molar-refractivity contribution >= 4 is 11.3 Å². The second kappa shape index (κ2) is 3.38. The summed E-state index contributed by atoms with van der Waals surface area (Å²) in [4.78, 5) is 0. The first-order valence-corrected chi connectivity index (χ1v) is 6.29. The third-order valence-electron chi connectivity index (χ3n) is 4.53. The maximum Gasteiger partial charge on any atom is 0.0320 e. The predicted octanol–water partition coefficient (Wildman–Crippen LogP) is 3.79.